The van der Waals surface area contributed by atoms with Crippen molar-refractivity contribution in [2.45, 2.75) is 124 Å². The van der Waals surface area contributed by atoms with Crippen LogP contribution in [0.1, 0.15) is 101 Å². The molecule has 0 unspecified atom stereocenters. The van der Waals surface area contributed by atoms with E-state index in [1.54, 1.807) is 0 Å². The molecule has 5 heteroatoms. The van der Waals surface area contributed by atoms with Crippen molar-refractivity contribution in [3.63, 3.8) is 0 Å². The van der Waals surface area contributed by atoms with Gasteiger partial charge in [0.1, 0.15) is 0 Å². The zero-order valence-electron chi connectivity index (χ0n) is 27.3. The monoisotopic (exact) mass is 673 g/mol. The van der Waals surface area contributed by atoms with Crippen LogP contribution in [-0.2, 0) is 22.6 Å². The fourth-order valence-electron chi connectivity index (χ4n) is 5.14. The Morgan fingerprint density at radius 3 is 0.975 bits per heavy atom. The second-order valence-corrected chi connectivity index (χ2v) is 19.7. The van der Waals surface area contributed by atoms with Crippen molar-refractivity contribution in [2.24, 2.45) is 0 Å². The summed E-state index contributed by atoms with van der Waals surface area (Å²) in [6, 6.07) is 20.4. The summed E-state index contributed by atoms with van der Waals surface area (Å²) in [5, 5.41) is 7.42. The van der Waals surface area contributed by atoms with Crippen LogP contribution in [0.5, 0.6) is 0 Å². The molecule has 227 valence electrons. The van der Waals surface area contributed by atoms with E-state index >= 15 is 0 Å². The van der Waals surface area contributed by atoms with Crippen LogP contribution in [0, 0.1) is 0 Å². The number of carboxylic acid groups (broad SMARTS) is 1. The standard InChI is InChI=1S/C15H10.2C9H21P.C2H4O2.Rh/c1-2-15(13-9-5-3-6-10-13)14-11-7-4-8-12-14;2*1-7(2)10(8(3)4)9(5)6;1-2(3)4;/h3-12H;2*7-9H,1-6H3;1H3,(H,3,4);. The van der Waals surface area contributed by atoms with Crippen LogP contribution < -0.4 is 0 Å². The third-order valence-electron chi connectivity index (χ3n) is 5.87. The van der Waals surface area contributed by atoms with Crippen LogP contribution >= 0.6 is 15.8 Å². The predicted molar refractivity (Wildman–Crippen MR) is 182 cm³/mol. The number of hydrogen-bond acceptors (Lipinski definition) is 1. The summed E-state index contributed by atoms with van der Waals surface area (Å²) in [6.45, 7) is 29.3. The zero-order chi connectivity index (χ0) is 31.4. The van der Waals surface area contributed by atoms with Gasteiger partial charge in [0.25, 0.3) is 5.97 Å². The number of carbonyl (C=O) groups is 1. The SMILES string of the molecule is CC(=O)O.CC(C)P(C(C)C)C(C)C.CC(C)P(C(C)C)C(C)C.[Rh]=[C]=C=C(c1ccccc1)c1ccccc1. The Kier molecular flexibility index (Phi) is 24.0. The molecule has 0 aliphatic heterocycles. The topological polar surface area (TPSA) is 37.3 Å². The molecule has 0 bridgehead atoms. The van der Waals surface area contributed by atoms with Gasteiger partial charge in [0.15, 0.2) is 0 Å². The van der Waals surface area contributed by atoms with Crippen molar-refractivity contribution >= 4 is 31.7 Å². The Morgan fingerprint density at radius 2 is 0.825 bits per heavy atom. The van der Waals surface area contributed by atoms with Crippen molar-refractivity contribution < 1.29 is 27.8 Å². The molecule has 0 aromatic heterocycles. The van der Waals surface area contributed by atoms with Crippen LogP contribution in [0.25, 0.3) is 5.57 Å². The Bertz CT molecular complexity index is 895. The molecule has 0 amide bonds. The van der Waals surface area contributed by atoms with Gasteiger partial charge < -0.3 is 5.11 Å². The molecule has 2 aromatic carbocycles. The van der Waals surface area contributed by atoms with Crippen molar-refractivity contribution in [1.82, 2.24) is 0 Å². The number of rotatable bonds is 8. The quantitative estimate of drug-likeness (QED) is 0.172. The molecule has 1 N–H and O–H groups in total. The van der Waals surface area contributed by atoms with E-state index in [1.165, 1.54) is 0 Å². The van der Waals surface area contributed by atoms with E-state index in [2.05, 4.69) is 135 Å². The third kappa shape index (κ3) is 19.0. The number of benzene rings is 2. The molecule has 0 radical (unpaired) electrons. The summed E-state index contributed by atoms with van der Waals surface area (Å²) in [4.78, 5) is 9.00. The summed E-state index contributed by atoms with van der Waals surface area (Å²) in [5.41, 5.74) is 11.9. The molecule has 0 saturated heterocycles. The van der Waals surface area contributed by atoms with E-state index in [1.807, 2.05) is 36.4 Å². The van der Waals surface area contributed by atoms with Gasteiger partial charge in [-0.05, 0) is 34.0 Å². The van der Waals surface area contributed by atoms with E-state index in [-0.39, 0.29) is 15.8 Å². The minimum absolute atomic E-state index is 0.262. The Labute approximate surface area is 259 Å². The van der Waals surface area contributed by atoms with Gasteiger partial charge in [-0.2, -0.15) is 0 Å². The van der Waals surface area contributed by atoms with Crippen molar-refractivity contribution in [3.05, 3.63) is 77.5 Å². The Hall–Kier alpha value is -1.18. The Balaban J connectivity index is 0. The second kappa shape index (κ2) is 23.4. The van der Waals surface area contributed by atoms with Gasteiger partial charge in [-0.3, -0.25) is 4.79 Å². The average Bonchev–Trinajstić information content (AvgIpc) is 2.82. The zero-order valence-corrected chi connectivity index (χ0v) is 30.7. The molecule has 40 heavy (non-hydrogen) atoms. The van der Waals surface area contributed by atoms with Crippen LogP contribution in [0.4, 0.5) is 0 Å². The van der Waals surface area contributed by atoms with E-state index in [4.69, 9.17) is 9.90 Å². The summed E-state index contributed by atoms with van der Waals surface area (Å²) in [5.74, 6) is -0.833. The summed E-state index contributed by atoms with van der Waals surface area (Å²) >= 11 is 2.63. The first-order valence-corrected chi connectivity index (χ1v) is 18.3. The Morgan fingerprint density at radius 1 is 0.600 bits per heavy atom. The van der Waals surface area contributed by atoms with Gasteiger partial charge in [-0.25, -0.2) is 0 Å². The van der Waals surface area contributed by atoms with Gasteiger partial charge in [0.2, 0.25) is 0 Å². The molecule has 0 heterocycles. The van der Waals surface area contributed by atoms with Gasteiger partial charge in [0.05, 0.1) is 0 Å². The molecule has 0 spiro atoms. The van der Waals surface area contributed by atoms with Gasteiger partial charge in [0, 0.05) is 6.92 Å². The molecule has 0 fully saturated rings. The number of carboxylic acids is 1. The van der Waals surface area contributed by atoms with Crippen molar-refractivity contribution in [1.29, 1.82) is 0 Å². The minimum atomic E-state index is -0.833. The molecular weight excluding hydrogens is 617 g/mol. The first-order chi connectivity index (χ1) is 18.6. The van der Waals surface area contributed by atoms with Crippen molar-refractivity contribution in [3.8, 4) is 0 Å². The summed E-state index contributed by atoms with van der Waals surface area (Å²) < 4.78 is 2.87. The van der Waals surface area contributed by atoms with Gasteiger partial charge >= 0.3 is 105 Å². The molecule has 0 aliphatic rings. The maximum absolute atomic E-state index is 9.00. The molecule has 2 nitrogen and oxygen atoms in total. The van der Waals surface area contributed by atoms with Gasteiger partial charge in [-0.1, -0.05) is 98.9 Å². The van der Waals surface area contributed by atoms with Crippen molar-refractivity contribution in [2.75, 3.05) is 0 Å². The molecule has 2 aromatic rings. The second-order valence-electron chi connectivity index (χ2n) is 11.3. The van der Waals surface area contributed by atoms with Crippen LogP contribution in [0.15, 0.2) is 66.4 Å². The van der Waals surface area contributed by atoms with Crippen LogP contribution in [0.3, 0.4) is 0 Å². The van der Waals surface area contributed by atoms with Crippen LogP contribution in [0.2, 0.25) is 0 Å². The van der Waals surface area contributed by atoms with E-state index in [9.17, 15) is 0 Å². The van der Waals surface area contributed by atoms with Gasteiger partial charge in [-0.15, -0.1) is 0 Å². The third-order valence-corrected chi connectivity index (χ3v) is 13.2. The fraction of sp³-hybridized carbons (Fsp3) is 0.543. The number of hydrogen-bond donors (Lipinski definition) is 1. The molecular formula is C35H56O2P2Rh. The fourth-order valence-corrected chi connectivity index (χ4v) is 12.5. The maximum atomic E-state index is 9.00. The van der Waals surface area contributed by atoms with E-state index in [0.29, 0.717) is 0 Å². The summed E-state index contributed by atoms with van der Waals surface area (Å²) in [7, 11) is 0.525. The molecule has 0 aliphatic carbocycles. The predicted octanol–water partition coefficient (Wildman–Crippen LogP) is 10.7. The molecule has 0 atom stereocenters. The first-order valence-electron chi connectivity index (χ1n) is 14.4. The average molecular weight is 674 g/mol. The normalized spacial score (nSPS) is 10.6. The first kappa shape index (κ1) is 41.0. The molecule has 0 saturated carbocycles. The van der Waals surface area contributed by atoms with E-state index in [0.717, 1.165) is 57.6 Å². The summed E-state index contributed by atoms with van der Waals surface area (Å²) in [6.07, 6.45) is 0. The molecule has 2 rings (SSSR count). The van der Waals surface area contributed by atoms with E-state index < -0.39 is 5.97 Å². The van der Waals surface area contributed by atoms with Crippen LogP contribution in [-0.4, -0.2) is 49.3 Å². The number of aliphatic carboxylic acids is 1.